The first-order valence-corrected chi connectivity index (χ1v) is 8.60. The van der Waals surface area contributed by atoms with Crippen molar-refractivity contribution in [3.8, 4) is 5.75 Å². The molecule has 1 saturated heterocycles. The van der Waals surface area contributed by atoms with E-state index >= 15 is 0 Å². The molecule has 2 aliphatic rings. The Labute approximate surface area is 155 Å². The molecule has 6 nitrogen and oxygen atoms in total. The van der Waals surface area contributed by atoms with Crippen LogP contribution in [-0.2, 0) is 4.74 Å². The van der Waals surface area contributed by atoms with Crippen molar-refractivity contribution in [1.82, 2.24) is 5.32 Å². The van der Waals surface area contributed by atoms with Crippen molar-refractivity contribution in [2.24, 2.45) is 0 Å². The van der Waals surface area contributed by atoms with Crippen LogP contribution in [0.2, 0.25) is 0 Å². The van der Waals surface area contributed by atoms with E-state index in [1.165, 1.54) is 18.1 Å². The topological polar surface area (TPSA) is 67.9 Å². The van der Waals surface area contributed by atoms with Gasteiger partial charge in [0.1, 0.15) is 11.6 Å². The van der Waals surface area contributed by atoms with Crippen molar-refractivity contribution in [3.05, 3.63) is 58.9 Å². The monoisotopic (exact) mass is 370 g/mol. The molecule has 0 spiro atoms. The summed E-state index contributed by atoms with van der Waals surface area (Å²) in [6, 6.07) is 8.94. The lowest BCUT2D eigenvalue weighted by molar-refractivity contribution is 0.0377. The van der Waals surface area contributed by atoms with Crippen molar-refractivity contribution in [3.63, 3.8) is 0 Å². The molecule has 2 bridgehead atoms. The van der Waals surface area contributed by atoms with Crippen LogP contribution in [-0.4, -0.2) is 24.8 Å². The lowest BCUT2D eigenvalue weighted by Gasteiger charge is -2.50. The molecule has 2 heterocycles. The number of methoxy groups -OCH3 is 1. The van der Waals surface area contributed by atoms with Crippen LogP contribution in [0.25, 0.3) is 0 Å². The average Bonchev–Trinajstić information content (AvgIpc) is 2.63. The second-order valence-corrected chi connectivity index (χ2v) is 7.00. The highest BCUT2D eigenvalue weighted by Gasteiger charge is 2.50. The second-order valence-electron chi connectivity index (χ2n) is 7.00. The van der Waals surface area contributed by atoms with E-state index in [1.54, 1.807) is 44.2 Å². The fraction of sp³-hybridized carbons (Fsp3) is 0.300. The van der Waals surface area contributed by atoms with E-state index in [-0.39, 0.29) is 17.9 Å². The molecule has 0 aliphatic carbocycles. The number of carbonyl (C=O) groups excluding carboxylic acids is 2. The Balaban J connectivity index is 1.76. The minimum atomic E-state index is -0.978. The Morgan fingerprint density at radius 2 is 2.11 bits per heavy atom. The van der Waals surface area contributed by atoms with Crippen molar-refractivity contribution >= 4 is 17.7 Å². The number of aryl methyl sites for hydroxylation is 1. The zero-order valence-corrected chi connectivity index (χ0v) is 15.2. The molecule has 2 aliphatic heterocycles. The zero-order chi connectivity index (χ0) is 19.3. The minimum Gasteiger partial charge on any atom is -0.467 e. The maximum absolute atomic E-state index is 14.1. The molecular weight excluding hydrogens is 351 g/mol. The predicted octanol–water partition coefficient (Wildman–Crippen LogP) is 3.69. The molecule has 1 N–H and O–H groups in total. The number of hydrogen-bond donors (Lipinski definition) is 1. The number of nitrogens with one attached hydrogen (secondary N) is 1. The quantitative estimate of drug-likeness (QED) is 0.819. The van der Waals surface area contributed by atoms with Crippen molar-refractivity contribution in [1.29, 1.82) is 0 Å². The number of fused-ring (bicyclic) bond motifs is 4. The second kappa shape index (κ2) is 5.97. The number of ether oxygens (including phenoxy) is 2. The number of urea groups is 1. The number of hydrogen-bond acceptors (Lipinski definition) is 4. The summed E-state index contributed by atoms with van der Waals surface area (Å²) in [7, 11) is 1.32. The van der Waals surface area contributed by atoms with Gasteiger partial charge in [-0.15, -0.1) is 0 Å². The normalized spacial score (nSPS) is 23.2. The molecule has 4 rings (SSSR count). The Hall–Kier alpha value is -3.09. The van der Waals surface area contributed by atoms with Crippen molar-refractivity contribution in [2.75, 3.05) is 12.0 Å². The molecule has 140 valence electrons. The largest absolute Gasteiger partial charge is 0.467 e. The number of rotatable bonds is 2. The minimum absolute atomic E-state index is 0.317. The van der Waals surface area contributed by atoms with E-state index in [0.717, 1.165) is 5.56 Å². The first-order chi connectivity index (χ1) is 12.8. The molecule has 2 amide bonds. The summed E-state index contributed by atoms with van der Waals surface area (Å²) in [5.41, 5.74) is 1.06. The van der Waals surface area contributed by atoms with Crippen LogP contribution in [0.4, 0.5) is 14.9 Å². The average molecular weight is 370 g/mol. The van der Waals surface area contributed by atoms with Gasteiger partial charge in [0.05, 0.1) is 24.4 Å². The van der Waals surface area contributed by atoms with E-state index in [0.29, 0.717) is 29.0 Å². The molecule has 2 aromatic carbocycles. The van der Waals surface area contributed by atoms with Gasteiger partial charge in [0.25, 0.3) is 0 Å². The highest BCUT2D eigenvalue weighted by atomic mass is 19.1. The van der Waals surface area contributed by atoms with Gasteiger partial charge < -0.3 is 14.8 Å². The van der Waals surface area contributed by atoms with E-state index in [4.69, 9.17) is 9.47 Å². The van der Waals surface area contributed by atoms with Gasteiger partial charge in [-0.3, -0.25) is 4.90 Å². The Morgan fingerprint density at radius 1 is 1.33 bits per heavy atom. The highest BCUT2D eigenvalue weighted by Crippen LogP contribution is 2.45. The third-order valence-corrected chi connectivity index (χ3v) is 5.11. The van der Waals surface area contributed by atoms with Crippen LogP contribution >= 0.6 is 0 Å². The number of esters is 1. The fourth-order valence-corrected chi connectivity index (χ4v) is 3.73. The number of anilines is 1. The van der Waals surface area contributed by atoms with Gasteiger partial charge in [0.15, 0.2) is 5.72 Å². The summed E-state index contributed by atoms with van der Waals surface area (Å²) in [6.45, 7) is 3.47. The van der Waals surface area contributed by atoms with Gasteiger partial charge >= 0.3 is 12.0 Å². The van der Waals surface area contributed by atoms with Crippen LogP contribution in [0.5, 0.6) is 5.75 Å². The van der Waals surface area contributed by atoms with Crippen LogP contribution in [0.3, 0.4) is 0 Å². The summed E-state index contributed by atoms with van der Waals surface area (Å²) >= 11 is 0. The molecule has 2 atom stereocenters. The molecule has 0 saturated carbocycles. The van der Waals surface area contributed by atoms with Crippen LogP contribution in [0.15, 0.2) is 36.4 Å². The van der Waals surface area contributed by atoms with Crippen LogP contribution in [0, 0.1) is 12.7 Å². The first-order valence-electron chi connectivity index (χ1n) is 8.60. The van der Waals surface area contributed by atoms with Gasteiger partial charge in [-0.1, -0.05) is 6.07 Å². The molecule has 0 radical (unpaired) electrons. The molecule has 1 fully saturated rings. The molecular formula is C20H19FN2O4. The SMILES string of the molecule is COC(=O)c1ccc2c(c1)[C@H]1C[C@@](C)(O2)N(c2ccc(C)c(F)c2)C(=O)N1. The Bertz CT molecular complexity index is 961. The standard InChI is InChI=1S/C20H19FN2O4/c1-11-4-6-13(9-15(11)21)23-19(25)22-16-10-20(23,2)27-17-7-5-12(8-14(16)17)18(24)26-3/h4-9,16H,10H2,1-3H3,(H,22,25)/t16-,20-/m1/s1. The lowest BCUT2D eigenvalue weighted by Crippen LogP contribution is -2.65. The van der Waals surface area contributed by atoms with Crippen LogP contribution < -0.4 is 15.0 Å². The van der Waals surface area contributed by atoms with E-state index in [1.807, 2.05) is 0 Å². The van der Waals surface area contributed by atoms with Crippen molar-refractivity contribution in [2.45, 2.75) is 32.0 Å². The maximum atomic E-state index is 14.1. The first kappa shape index (κ1) is 17.3. The summed E-state index contributed by atoms with van der Waals surface area (Å²) in [6.07, 6.45) is 0.450. The van der Waals surface area contributed by atoms with Crippen LogP contribution in [0.1, 0.15) is 40.9 Å². The summed E-state index contributed by atoms with van der Waals surface area (Å²) < 4.78 is 25.0. The molecule has 27 heavy (non-hydrogen) atoms. The zero-order valence-electron chi connectivity index (χ0n) is 15.2. The Morgan fingerprint density at radius 3 is 2.81 bits per heavy atom. The number of amides is 2. The fourth-order valence-electron chi connectivity index (χ4n) is 3.73. The molecule has 0 unspecified atom stereocenters. The lowest BCUT2D eigenvalue weighted by atomic mass is 9.89. The van der Waals surface area contributed by atoms with Crippen molar-refractivity contribution < 1.29 is 23.5 Å². The maximum Gasteiger partial charge on any atom is 0.337 e. The van der Waals surface area contributed by atoms with E-state index in [9.17, 15) is 14.0 Å². The smallest absolute Gasteiger partial charge is 0.337 e. The number of benzene rings is 2. The summed E-state index contributed by atoms with van der Waals surface area (Å²) in [5.74, 6) is -0.269. The predicted molar refractivity (Wildman–Crippen MR) is 96.3 cm³/mol. The van der Waals surface area contributed by atoms with Gasteiger partial charge in [0, 0.05) is 12.0 Å². The molecule has 2 aromatic rings. The number of carbonyl (C=O) groups is 2. The van der Waals surface area contributed by atoms with Gasteiger partial charge in [-0.2, -0.15) is 0 Å². The van der Waals surface area contributed by atoms with Gasteiger partial charge in [-0.05, 0) is 49.7 Å². The third-order valence-electron chi connectivity index (χ3n) is 5.11. The molecule has 7 heteroatoms. The third kappa shape index (κ3) is 2.70. The van der Waals surface area contributed by atoms with Gasteiger partial charge in [-0.25, -0.2) is 14.0 Å². The highest BCUT2D eigenvalue weighted by molar-refractivity contribution is 5.95. The number of halogens is 1. The van der Waals surface area contributed by atoms with E-state index < -0.39 is 11.7 Å². The molecule has 0 aromatic heterocycles. The number of nitrogens with zero attached hydrogens (tertiary/aromatic N) is 1. The Kier molecular flexibility index (Phi) is 3.83. The summed E-state index contributed by atoms with van der Waals surface area (Å²) in [5, 5.41) is 2.93. The van der Waals surface area contributed by atoms with E-state index in [2.05, 4.69) is 5.32 Å². The summed E-state index contributed by atoms with van der Waals surface area (Å²) in [4.78, 5) is 26.1. The van der Waals surface area contributed by atoms with Gasteiger partial charge in [0.2, 0.25) is 0 Å².